The van der Waals surface area contributed by atoms with Gasteiger partial charge in [0, 0.05) is 24.7 Å². The number of methoxy groups -OCH3 is 1. The van der Waals surface area contributed by atoms with E-state index in [1.807, 2.05) is 0 Å². The highest BCUT2D eigenvalue weighted by atomic mass is 32.2. The SMILES string of the molecule is CCS(=O)(=O)c1cc(C(=O)NCC2CCCN2C2CC2)c(OC)cc1N. The molecule has 2 aliphatic rings. The highest BCUT2D eigenvalue weighted by Crippen LogP contribution is 2.33. The molecule has 1 unspecified atom stereocenters. The average Bonchev–Trinajstić information content (AvgIpc) is 3.37. The molecule has 1 saturated carbocycles. The molecule has 1 amide bonds. The fraction of sp³-hybridized carbons (Fsp3) is 0.611. The van der Waals surface area contributed by atoms with Gasteiger partial charge in [0.05, 0.1) is 29.0 Å². The topological polar surface area (TPSA) is 102 Å². The van der Waals surface area contributed by atoms with E-state index in [2.05, 4.69) is 10.2 Å². The van der Waals surface area contributed by atoms with Gasteiger partial charge in [0.25, 0.3) is 5.91 Å². The summed E-state index contributed by atoms with van der Waals surface area (Å²) in [5.74, 6) is -0.138. The van der Waals surface area contributed by atoms with Gasteiger partial charge >= 0.3 is 0 Å². The third-order valence-corrected chi connectivity index (χ3v) is 7.01. The number of sulfone groups is 1. The molecule has 1 heterocycles. The van der Waals surface area contributed by atoms with Crippen molar-refractivity contribution < 1.29 is 17.9 Å². The van der Waals surface area contributed by atoms with E-state index in [-0.39, 0.29) is 33.6 Å². The number of carbonyl (C=O) groups is 1. The van der Waals surface area contributed by atoms with E-state index in [4.69, 9.17) is 10.5 Å². The van der Waals surface area contributed by atoms with Crippen LogP contribution >= 0.6 is 0 Å². The summed E-state index contributed by atoms with van der Waals surface area (Å²) in [7, 11) is -2.09. The quantitative estimate of drug-likeness (QED) is 0.693. The number of nitrogen functional groups attached to an aromatic ring is 1. The minimum atomic E-state index is -3.52. The van der Waals surface area contributed by atoms with Gasteiger partial charge < -0.3 is 15.8 Å². The number of nitrogens with two attached hydrogens (primary N) is 1. The van der Waals surface area contributed by atoms with E-state index in [9.17, 15) is 13.2 Å². The van der Waals surface area contributed by atoms with Crippen molar-refractivity contribution in [2.24, 2.45) is 0 Å². The Balaban J connectivity index is 1.78. The Kier molecular flexibility index (Phi) is 5.43. The summed E-state index contributed by atoms with van der Waals surface area (Å²) < 4.78 is 29.7. The predicted octanol–water partition coefficient (Wildman–Crippen LogP) is 1.43. The van der Waals surface area contributed by atoms with Gasteiger partial charge in [0.15, 0.2) is 9.84 Å². The molecule has 1 aromatic carbocycles. The van der Waals surface area contributed by atoms with Crippen molar-refractivity contribution in [3.8, 4) is 5.75 Å². The zero-order valence-electron chi connectivity index (χ0n) is 15.3. The molecule has 1 saturated heterocycles. The zero-order chi connectivity index (χ0) is 18.9. The summed E-state index contributed by atoms with van der Waals surface area (Å²) in [6, 6.07) is 3.76. The molecular formula is C18H27N3O4S. The molecule has 0 radical (unpaired) electrons. The first-order valence-electron chi connectivity index (χ1n) is 9.11. The molecule has 144 valence electrons. The van der Waals surface area contributed by atoms with Crippen LogP contribution in [0.25, 0.3) is 0 Å². The molecule has 0 spiro atoms. The highest BCUT2D eigenvalue weighted by Gasteiger charge is 2.36. The number of hydrogen-bond donors (Lipinski definition) is 2. The zero-order valence-corrected chi connectivity index (χ0v) is 16.1. The van der Waals surface area contributed by atoms with Crippen LogP contribution in [0.2, 0.25) is 0 Å². The maximum absolute atomic E-state index is 12.7. The van der Waals surface area contributed by atoms with Crippen molar-refractivity contribution in [1.29, 1.82) is 0 Å². The number of anilines is 1. The van der Waals surface area contributed by atoms with Crippen LogP contribution in [0.3, 0.4) is 0 Å². The van der Waals surface area contributed by atoms with E-state index < -0.39 is 9.84 Å². The maximum atomic E-state index is 12.7. The Morgan fingerprint density at radius 1 is 1.35 bits per heavy atom. The van der Waals surface area contributed by atoms with E-state index in [0.29, 0.717) is 18.6 Å². The molecule has 1 aliphatic carbocycles. The second-order valence-corrected chi connectivity index (χ2v) is 9.22. The van der Waals surface area contributed by atoms with Gasteiger partial charge in [0.1, 0.15) is 5.75 Å². The van der Waals surface area contributed by atoms with Crippen LogP contribution in [0.1, 0.15) is 43.0 Å². The summed E-state index contributed by atoms with van der Waals surface area (Å²) in [4.78, 5) is 15.2. The van der Waals surface area contributed by atoms with Gasteiger partial charge in [-0.05, 0) is 38.3 Å². The lowest BCUT2D eigenvalue weighted by Crippen LogP contribution is -2.41. The molecule has 1 aromatic rings. The standard InChI is InChI=1S/C18H27N3O4S/c1-3-26(23,24)17-9-14(16(25-2)10-15(17)19)18(22)20-11-13-5-4-8-21(13)12-6-7-12/h9-10,12-13H,3-8,11,19H2,1-2H3,(H,20,22). The molecule has 0 bridgehead atoms. The molecule has 0 aromatic heterocycles. The first-order chi connectivity index (χ1) is 12.4. The van der Waals surface area contributed by atoms with Gasteiger partial charge in [-0.25, -0.2) is 8.42 Å². The molecule has 3 rings (SSSR count). The largest absolute Gasteiger partial charge is 0.496 e. The van der Waals surface area contributed by atoms with Crippen molar-refractivity contribution in [1.82, 2.24) is 10.2 Å². The Bertz CT molecular complexity index is 790. The van der Waals surface area contributed by atoms with Crippen LogP contribution in [0.5, 0.6) is 5.75 Å². The average molecular weight is 381 g/mol. The first kappa shape index (κ1) is 19.0. The van der Waals surface area contributed by atoms with Crippen molar-refractivity contribution in [2.75, 3.05) is 31.7 Å². The van der Waals surface area contributed by atoms with Gasteiger partial charge in [-0.15, -0.1) is 0 Å². The summed E-state index contributed by atoms with van der Waals surface area (Å²) >= 11 is 0. The van der Waals surface area contributed by atoms with Crippen molar-refractivity contribution in [2.45, 2.75) is 49.6 Å². The van der Waals surface area contributed by atoms with Crippen molar-refractivity contribution in [3.63, 3.8) is 0 Å². The van der Waals surface area contributed by atoms with Crippen molar-refractivity contribution >= 4 is 21.4 Å². The number of amides is 1. The number of nitrogens with one attached hydrogen (secondary N) is 1. The number of hydrogen-bond acceptors (Lipinski definition) is 6. The molecule has 1 atom stereocenters. The fourth-order valence-electron chi connectivity index (χ4n) is 3.62. The lowest BCUT2D eigenvalue weighted by atomic mass is 10.1. The summed E-state index contributed by atoms with van der Waals surface area (Å²) in [5, 5.41) is 2.95. The van der Waals surface area contributed by atoms with Gasteiger partial charge in [-0.1, -0.05) is 6.92 Å². The fourth-order valence-corrected chi connectivity index (χ4v) is 4.64. The Labute approximate surface area is 154 Å². The minimum absolute atomic E-state index is 0.0218. The number of rotatable bonds is 7. The molecule has 26 heavy (non-hydrogen) atoms. The van der Waals surface area contributed by atoms with Crippen LogP contribution in [0, 0.1) is 0 Å². The highest BCUT2D eigenvalue weighted by molar-refractivity contribution is 7.91. The van der Waals surface area contributed by atoms with Crippen LogP contribution in [-0.2, 0) is 9.84 Å². The van der Waals surface area contributed by atoms with E-state index in [1.165, 1.54) is 32.1 Å². The smallest absolute Gasteiger partial charge is 0.255 e. The third kappa shape index (κ3) is 3.81. The van der Waals surface area contributed by atoms with Crippen LogP contribution in [0.4, 0.5) is 5.69 Å². The molecule has 3 N–H and O–H groups in total. The lowest BCUT2D eigenvalue weighted by Gasteiger charge is -2.24. The number of nitrogens with zero attached hydrogens (tertiary/aromatic N) is 1. The third-order valence-electron chi connectivity index (χ3n) is 5.23. The normalized spacial score (nSPS) is 20.9. The minimum Gasteiger partial charge on any atom is -0.496 e. The maximum Gasteiger partial charge on any atom is 0.255 e. The first-order valence-corrected chi connectivity index (χ1v) is 10.8. The molecular weight excluding hydrogens is 354 g/mol. The van der Waals surface area contributed by atoms with Gasteiger partial charge in [-0.3, -0.25) is 9.69 Å². The lowest BCUT2D eigenvalue weighted by molar-refractivity contribution is 0.0936. The van der Waals surface area contributed by atoms with Crippen molar-refractivity contribution in [3.05, 3.63) is 17.7 Å². The van der Waals surface area contributed by atoms with E-state index in [0.717, 1.165) is 19.4 Å². The molecule has 2 fully saturated rings. The second-order valence-electron chi connectivity index (χ2n) is 6.97. The number of benzene rings is 1. The number of ether oxygens (including phenoxy) is 1. The Hall–Kier alpha value is -1.80. The number of likely N-dealkylation sites (tertiary alicyclic amines) is 1. The Morgan fingerprint density at radius 2 is 2.08 bits per heavy atom. The molecule has 1 aliphatic heterocycles. The second kappa shape index (κ2) is 7.44. The number of carbonyl (C=O) groups excluding carboxylic acids is 1. The summed E-state index contributed by atoms with van der Waals surface area (Å²) in [6.45, 7) is 3.19. The van der Waals surface area contributed by atoms with E-state index >= 15 is 0 Å². The monoisotopic (exact) mass is 381 g/mol. The van der Waals surface area contributed by atoms with Crippen LogP contribution in [-0.4, -0.2) is 57.3 Å². The summed E-state index contributed by atoms with van der Waals surface area (Å²) in [6.07, 6.45) is 4.72. The van der Waals surface area contributed by atoms with E-state index in [1.54, 1.807) is 6.92 Å². The summed E-state index contributed by atoms with van der Waals surface area (Å²) in [5.41, 5.74) is 6.15. The predicted molar refractivity (Wildman–Crippen MR) is 100 cm³/mol. The molecule has 8 heteroatoms. The van der Waals surface area contributed by atoms with Crippen LogP contribution in [0.15, 0.2) is 17.0 Å². The molecule has 7 nitrogen and oxygen atoms in total. The Morgan fingerprint density at radius 3 is 2.69 bits per heavy atom. The van der Waals surface area contributed by atoms with Crippen LogP contribution < -0.4 is 15.8 Å². The van der Waals surface area contributed by atoms with Gasteiger partial charge in [0.2, 0.25) is 0 Å². The van der Waals surface area contributed by atoms with Gasteiger partial charge in [-0.2, -0.15) is 0 Å².